The second-order valence-corrected chi connectivity index (χ2v) is 14.5. The molecular formula is C42H44N6O4. The minimum Gasteiger partial charge on any atom is -0.481 e. The first kappa shape index (κ1) is 35.2. The van der Waals surface area contributed by atoms with Gasteiger partial charge in [-0.05, 0) is 103 Å². The van der Waals surface area contributed by atoms with Crippen LogP contribution in [-0.2, 0) is 17.9 Å². The van der Waals surface area contributed by atoms with Crippen LogP contribution in [0.2, 0.25) is 0 Å². The molecule has 10 heteroatoms. The van der Waals surface area contributed by atoms with Gasteiger partial charge in [0.25, 0.3) is 5.91 Å². The minimum atomic E-state index is -0.713. The minimum absolute atomic E-state index is 0.284. The fourth-order valence-electron chi connectivity index (χ4n) is 7.50. The molecule has 2 atom stereocenters. The number of nitriles is 1. The number of carbonyl (C=O) groups is 2. The van der Waals surface area contributed by atoms with E-state index in [2.05, 4.69) is 56.3 Å². The number of likely N-dealkylation sites (tertiary alicyclic amines) is 2. The molecule has 0 unspecified atom stereocenters. The molecule has 2 aromatic heterocycles. The topological polar surface area (TPSA) is 143 Å². The van der Waals surface area contributed by atoms with Crippen molar-refractivity contribution in [3.63, 3.8) is 0 Å². The summed E-state index contributed by atoms with van der Waals surface area (Å²) in [7, 11) is 0. The predicted molar refractivity (Wildman–Crippen MR) is 200 cm³/mol. The summed E-state index contributed by atoms with van der Waals surface area (Å²) >= 11 is 0. The lowest BCUT2D eigenvalue weighted by Gasteiger charge is -2.19. The van der Waals surface area contributed by atoms with E-state index >= 15 is 0 Å². The summed E-state index contributed by atoms with van der Waals surface area (Å²) < 4.78 is 0. The number of carboxylic acid groups (broad SMARTS) is 1. The molecule has 2 aliphatic heterocycles. The molecule has 4 aromatic rings. The van der Waals surface area contributed by atoms with Crippen molar-refractivity contribution < 1.29 is 19.8 Å². The largest absolute Gasteiger partial charge is 0.481 e. The Hall–Kier alpha value is -5.21. The Kier molecular flexibility index (Phi) is 10.3. The molecule has 3 aliphatic rings. The number of carboxylic acids is 1. The summed E-state index contributed by atoms with van der Waals surface area (Å²) in [5, 5.41) is 32.7. The molecule has 1 aliphatic carbocycles. The van der Waals surface area contributed by atoms with Crippen molar-refractivity contribution in [1.82, 2.24) is 19.8 Å². The van der Waals surface area contributed by atoms with E-state index in [1.165, 1.54) is 16.7 Å². The van der Waals surface area contributed by atoms with Crippen molar-refractivity contribution in [2.45, 2.75) is 64.6 Å². The highest BCUT2D eigenvalue weighted by molar-refractivity contribution is 6.04. The van der Waals surface area contributed by atoms with Crippen LogP contribution >= 0.6 is 0 Å². The molecule has 266 valence electrons. The van der Waals surface area contributed by atoms with Crippen molar-refractivity contribution in [3.05, 3.63) is 111 Å². The molecule has 0 spiro atoms. The van der Waals surface area contributed by atoms with Crippen molar-refractivity contribution in [3.8, 4) is 17.2 Å². The number of aromatic nitrogens is 2. The first-order valence-corrected chi connectivity index (χ1v) is 18.1. The van der Waals surface area contributed by atoms with Gasteiger partial charge in [0.2, 0.25) is 0 Å². The Morgan fingerprint density at radius 3 is 2.42 bits per heavy atom. The maximum absolute atomic E-state index is 13.2. The molecule has 10 nitrogen and oxygen atoms in total. The number of nitrogens with one attached hydrogen (secondary N) is 1. The molecule has 3 fully saturated rings. The van der Waals surface area contributed by atoms with E-state index in [0.717, 1.165) is 61.2 Å². The highest BCUT2D eigenvalue weighted by Crippen LogP contribution is 2.43. The molecule has 0 radical (unpaired) electrons. The summed E-state index contributed by atoms with van der Waals surface area (Å²) in [6.07, 6.45) is 12.6. The SMILES string of the molecule is Cc1cc(/C=C/c2cncc(-c3cccc(NC(=O)c4ccc(CN5CC[C@@H](O)C5)cn4)c3C)c2C#N)c(C2CC2)cc1CN1CC[C@@H](C(=O)O)C1. The van der Waals surface area contributed by atoms with Gasteiger partial charge in [0.15, 0.2) is 0 Å². The average molecular weight is 697 g/mol. The number of aliphatic hydroxyl groups excluding tert-OH is 1. The lowest BCUT2D eigenvalue weighted by Crippen LogP contribution is -2.23. The van der Waals surface area contributed by atoms with Gasteiger partial charge in [0, 0.05) is 68.1 Å². The van der Waals surface area contributed by atoms with Crippen LogP contribution in [0, 0.1) is 31.1 Å². The first-order chi connectivity index (χ1) is 25.2. The number of aryl methyl sites for hydroxylation is 1. The number of nitrogens with zero attached hydrogens (tertiary/aromatic N) is 5. The zero-order valence-electron chi connectivity index (χ0n) is 29.7. The van der Waals surface area contributed by atoms with Crippen LogP contribution in [-0.4, -0.2) is 74.1 Å². The Morgan fingerprint density at radius 1 is 0.942 bits per heavy atom. The Labute approximate surface area is 304 Å². The number of hydrogen-bond donors (Lipinski definition) is 3. The van der Waals surface area contributed by atoms with Crippen molar-refractivity contribution in [2.75, 3.05) is 31.5 Å². The van der Waals surface area contributed by atoms with Crippen molar-refractivity contribution in [1.29, 1.82) is 5.26 Å². The number of rotatable bonds is 11. The fraction of sp³-hybridized carbons (Fsp3) is 0.357. The molecule has 1 amide bonds. The van der Waals surface area contributed by atoms with E-state index in [-0.39, 0.29) is 17.9 Å². The third kappa shape index (κ3) is 7.82. The van der Waals surface area contributed by atoms with Gasteiger partial charge in [-0.3, -0.25) is 29.4 Å². The first-order valence-electron chi connectivity index (χ1n) is 18.1. The number of pyridine rings is 2. The van der Waals surface area contributed by atoms with Crippen LogP contribution < -0.4 is 5.32 Å². The second kappa shape index (κ2) is 15.2. The summed E-state index contributed by atoms with van der Waals surface area (Å²) in [5.74, 6) is -0.828. The van der Waals surface area contributed by atoms with E-state index in [1.54, 1.807) is 24.7 Å². The van der Waals surface area contributed by atoms with Gasteiger partial charge in [-0.25, -0.2) is 0 Å². The fourth-order valence-corrected chi connectivity index (χ4v) is 7.50. The van der Waals surface area contributed by atoms with Gasteiger partial charge >= 0.3 is 5.97 Å². The standard InChI is InChI=1S/C42H44N6O4/c1-26-16-30(36(29-7-8-29)17-33(26)24-48-14-12-32(23-48)42(51)52)9-10-31-20-44-21-38(37(31)18-43)35-4-3-5-39(27(35)2)46-41(50)40-11-6-28(19-45-40)22-47-15-13-34(49)25-47/h3-6,9-11,16-17,19-21,29,32,34,49H,7-8,12-15,22-25H2,1-2H3,(H,46,50)(H,51,52)/b10-9+/t32-,34-/m1/s1. The van der Waals surface area contributed by atoms with Crippen LogP contribution in [0.4, 0.5) is 5.69 Å². The van der Waals surface area contributed by atoms with E-state index in [9.17, 15) is 25.1 Å². The summed E-state index contributed by atoms with van der Waals surface area (Å²) in [6.45, 7) is 8.33. The zero-order valence-corrected chi connectivity index (χ0v) is 29.7. The Morgan fingerprint density at radius 2 is 1.73 bits per heavy atom. The Balaban J connectivity index is 1.09. The molecule has 7 rings (SSSR count). The normalized spacial score (nSPS) is 19.3. The Bertz CT molecular complexity index is 2070. The molecule has 1 saturated carbocycles. The average Bonchev–Trinajstić information content (AvgIpc) is 3.73. The predicted octanol–water partition coefficient (Wildman–Crippen LogP) is 6.41. The zero-order chi connectivity index (χ0) is 36.4. The van der Waals surface area contributed by atoms with Crippen LogP contribution in [0.3, 0.4) is 0 Å². The number of aliphatic carboxylic acids is 1. The monoisotopic (exact) mass is 696 g/mol. The lowest BCUT2D eigenvalue weighted by molar-refractivity contribution is -0.141. The smallest absolute Gasteiger partial charge is 0.307 e. The van der Waals surface area contributed by atoms with Crippen molar-refractivity contribution >= 4 is 29.7 Å². The van der Waals surface area contributed by atoms with Crippen LogP contribution in [0.1, 0.15) is 86.6 Å². The maximum Gasteiger partial charge on any atom is 0.307 e. The number of hydrogen-bond acceptors (Lipinski definition) is 8. The quantitative estimate of drug-likeness (QED) is 0.162. The second-order valence-electron chi connectivity index (χ2n) is 14.5. The van der Waals surface area contributed by atoms with Crippen molar-refractivity contribution in [2.24, 2.45) is 5.92 Å². The number of β-amino-alcohol motifs (C(OH)–C–C–N with tert-alkyl or cyclic N) is 1. The van der Waals surface area contributed by atoms with Gasteiger partial charge < -0.3 is 15.5 Å². The molecule has 3 N–H and O–H groups in total. The van der Waals surface area contributed by atoms with Gasteiger partial charge in [0.05, 0.1) is 17.6 Å². The van der Waals surface area contributed by atoms with E-state index in [4.69, 9.17) is 0 Å². The van der Waals surface area contributed by atoms with Gasteiger partial charge in [-0.2, -0.15) is 5.26 Å². The molecular weight excluding hydrogens is 653 g/mol. The van der Waals surface area contributed by atoms with Crippen LogP contribution in [0.25, 0.3) is 23.3 Å². The van der Waals surface area contributed by atoms with E-state index < -0.39 is 5.97 Å². The van der Waals surface area contributed by atoms with Gasteiger partial charge in [-0.15, -0.1) is 0 Å². The summed E-state index contributed by atoms with van der Waals surface area (Å²) in [4.78, 5) is 38.1. The van der Waals surface area contributed by atoms with Gasteiger partial charge in [-0.1, -0.05) is 42.5 Å². The highest BCUT2D eigenvalue weighted by Gasteiger charge is 2.30. The third-order valence-corrected chi connectivity index (χ3v) is 10.7. The maximum atomic E-state index is 13.2. The third-order valence-electron chi connectivity index (χ3n) is 10.7. The highest BCUT2D eigenvalue weighted by atomic mass is 16.4. The molecule has 52 heavy (non-hydrogen) atoms. The number of amides is 1. The lowest BCUT2D eigenvalue weighted by atomic mass is 9.93. The summed E-state index contributed by atoms with van der Waals surface area (Å²) in [5.41, 5.74) is 10.3. The molecule has 2 aromatic carbocycles. The number of aliphatic hydroxyl groups is 1. The number of benzene rings is 2. The van der Waals surface area contributed by atoms with Gasteiger partial charge in [0.1, 0.15) is 11.8 Å². The van der Waals surface area contributed by atoms with E-state index in [0.29, 0.717) is 60.0 Å². The molecule has 4 heterocycles. The number of carbonyl (C=O) groups excluding carboxylic acids is 1. The van der Waals surface area contributed by atoms with Crippen LogP contribution in [0.5, 0.6) is 0 Å². The summed E-state index contributed by atoms with van der Waals surface area (Å²) in [6, 6.07) is 16.2. The van der Waals surface area contributed by atoms with E-state index in [1.807, 2.05) is 37.3 Å². The molecule has 0 bridgehead atoms. The van der Waals surface area contributed by atoms with Crippen LogP contribution in [0.15, 0.2) is 61.1 Å². The number of anilines is 1. The molecule has 2 saturated heterocycles.